The predicted octanol–water partition coefficient (Wildman–Crippen LogP) is 14.6. The molecule has 0 saturated heterocycles. The molecule has 0 amide bonds. The van der Waals surface area contributed by atoms with Crippen LogP contribution in [0.4, 0.5) is 34.1 Å². The number of hydrogen-bond acceptors (Lipinski definition) is 6. The van der Waals surface area contributed by atoms with Gasteiger partial charge >= 0.3 is 0 Å². The molecule has 0 unspecified atom stereocenters. The van der Waals surface area contributed by atoms with Crippen LogP contribution in [0.5, 0.6) is 0 Å². The number of para-hydroxylation sites is 1. The lowest BCUT2D eigenvalue weighted by Gasteiger charge is -2.33. The Morgan fingerprint density at radius 1 is 0.500 bits per heavy atom. The molecule has 8 aromatic carbocycles. The van der Waals surface area contributed by atoms with Gasteiger partial charge in [0.05, 0.1) is 45.4 Å². The molecule has 0 aliphatic heterocycles. The van der Waals surface area contributed by atoms with Crippen LogP contribution in [0.3, 0.4) is 0 Å². The Labute approximate surface area is 370 Å². The van der Waals surface area contributed by atoms with Crippen molar-refractivity contribution in [3.8, 4) is 34.5 Å². The summed E-state index contributed by atoms with van der Waals surface area (Å²) in [6.07, 6.45) is 1.89. The molecular formula is C58H37N5O. The molecule has 12 rings (SSSR count). The Kier molecular flexibility index (Phi) is 8.21. The first-order valence-corrected chi connectivity index (χ1v) is 21.4. The second-order valence-corrected chi connectivity index (χ2v) is 16.7. The van der Waals surface area contributed by atoms with Gasteiger partial charge < -0.3 is 14.2 Å². The SMILES string of the molecule is Cc1ccc(N(c2ccc(C#N)cc2)c2ccc3c(c2)[C@]2(c4ccccc4-c4ncccc42)c2cc(N(c4ccc(C)cc4)c4ccc(C#N)cc4)c4c(oc5ccccc54)c2-3)cc1. The van der Waals surface area contributed by atoms with Gasteiger partial charge in [-0.3, -0.25) is 4.98 Å². The third kappa shape index (κ3) is 5.33. The molecule has 6 heteroatoms. The molecule has 1 spiro atoms. The Balaban J connectivity index is 1.22. The molecule has 1 atom stereocenters. The van der Waals surface area contributed by atoms with Crippen molar-refractivity contribution >= 4 is 56.1 Å². The van der Waals surface area contributed by atoms with E-state index in [1.54, 1.807) is 0 Å². The second kappa shape index (κ2) is 14.2. The highest BCUT2D eigenvalue weighted by atomic mass is 16.3. The molecule has 0 N–H and O–H groups in total. The summed E-state index contributed by atoms with van der Waals surface area (Å²) in [4.78, 5) is 9.70. The summed E-state index contributed by atoms with van der Waals surface area (Å²) < 4.78 is 7.18. The van der Waals surface area contributed by atoms with Crippen LogP contribution in [0.15, 0.2) is 193 Å². The van der Waals surface area contributed by atoms with Crippen LogP contribution in [0.2, 0.25) is 0 Å². The molecule has 0 fully saturated rings. The van der Waals surface area contributed by atoms with Gasteiger partial charge in [-0.1, -0.05) is 90.0 Å². The Hall–Kier alpha value is -8.71. The quantitative estimate of drug-likeness (QED) is 0.166. The second-order valence-electron chi connectivity index (χ2n) is 16.7. The number of rotatable bonds is 6. The summed E-state index contributed by atoms with van der Waals surface area (Å²) >= 11 is 0. The zero-order valence-corrected chi connectivity index (χ0v) is 35.0. The fraction of sp³-hybridized carbons (Fsp3) is 0.0517. The van der Waals surface area contributed by atoms with E-state index in [1.807, 2.05) is 60.8 Å². The fourth-order valence-corrected chi connectivity index (χ4v) is 10.3. The van der Waals surface area contributed by atoms with Gasteiger partial charge in [-0.2, -0.15) is 10.5 Å². The summed E-state index contributed by atoms with van der Waals surface area (Å²) in [5.41, 5.74) is 18.8. The topological polar surface area (TPSA) is 80.1 Å². The summed E-state index contributed by atoms with van der Waals surface area (Å²) in [7, 11) is 0. The van der Waals surface area contributed by atoms with E-state index in [-0.39, 0.29) is 0 Å². The molecule has 300 valence electrons. The normalized spacial score (nSPS) is 14.1. The van der Waals surface area contributed by atoms with E-state index < -0.39 is 5.41 Å². The zero-order valence-electron chi connectivity index (χ0n) is 35.0. The highest BCUT2D eigenvalue weighted by Gasteiger charge is 2.54. The van der Waals surface area contributed by atoms with Gasteiger partial charge in [-0.15, -0.1) is 0 Å². The van der Waals surface area contributed by atoms with Crippen molar-refractivity contribution in [2.45, 2.75) is 19.3 Å². The van der Waals surface area contributed by atoms with Crippen molar-refractivity contribution in [3.63, 3.8) is 0 Å². The maximum Gasteiger partial charge on any atom is 0.145 e. The van der Waals surface area contributed by atoms with Crippen LogP contribution < -0.4 is 9.80 Å². The van der Waals surface area contributed by atoms with E-state index in [9.17, 15) is 10.5 Å². The maximum absolute atomic E-state index is 9.85. The number of pyridine rings is 1. The first-order chi connectivity index (χ1) is 31.5. The fourth-order valence-electron chi connectivity index (χ4n) is 10.3. The minimum absolute atomic E-state index is 0.595. The highest BCUT2D eigenvalue weighted by molar-refractivity contribution is 6.19. The van der Waals surface area contributed by atoms with Crippen molar-refractivity contribution in [2.24, 2.45) is 0 Å². The lowest BCUT2D eigenvalue weighted by atomic mass is 9.70. The van der Waals surface area contributed by atoms with Gasteiger partial charge in [0.25, 0.3) is 0 Å². The smallest absolute Gasteiger partial charge is 0.145 e. The molecule has 0 bridgehead atoms. The first kappa shape index (κ1) is 37.1. The van der Waals surface area contributed by atoms with E-state index in [1.165, 1.54) is 5.56 Å². The number of hydrogen-bond donors (Lipinski definition) is 0. The van der Waals surface area contributed by atoms with Crippen LogP contribution in [0.1, 0.15) is 44.5 Å². The van der Waals surface area contributed by atoms with Crippen LogP contribution in [-0.2, 0) is 5.41 Å². The predicted molar refractivity (Wildman–Crippen MR) is 256 cm³/mol. The van der Waals surface area contributed by atoms with Crippen molar-refractivity contribution in [1.29, 1.82) is 10.5 Å². The number of nitrogens with zero attached hydrogens (tertiary/aromatic N) is 5. The average molecular weight is 820 g/mol. The van der Waals surface area contributed by atoms with Gasteiger partial charge in [0, 0.05) is 51.1 Å². The third-order valence-corrected chi connectivity index (χ3v) is 13.1. The number of aryl methyl sites for hydroxylation is 2. The van der Waals surface area contributed by atoms with Gasteiger partial charge in [-0.05, 0) is 145 Å². The minimum atomic E-state index is -0.796. The molecule has 6 nitrogen and oxygen atoms in total. The van der Waals surface area contributed by atoms with Gasteiger partial charge in [0.15, 0.2) is 0 Å². The molecule has 10 aromatic rings. The van der Waals surface area contributed by atoms with Gasteiger partial charge in [0.1, 0.15) is 11.2 Å². The Morgan fingerprint density at radius 2 is 1.06 bits per heavy atom. The number of fused-ring (bicyclic) bond motifs is 14. The summed E-state index contributed by atoms with van der Waals surface area (Å²) in [5, 5.41) is 21.6. The summed E-state index contributed by atoms with van der Waals surface area (Å²) in [6, 6.07) is 68.0. The number of aromatic nitrogens is 1. The number of benzene rings is 8. The first-order valence-electron chi connectivity index (χ1n) is 21.4. The van der Waals surface area contributed by atoms with Gasteiger partial charge in [0.2, 0.25) is 0 Å². The van der Waals surface area contributed by atoms with Crippen molar-refractivity contribution < 1.29 is 4.42 Å². The van der Waals surface area contributed by atoms with Crippen LogP contribution in [0, 0.1) is 36.5 Å². The summed E-state index contributed by atoms with van der Waals surface area (Å²) in [6.45, 7) is 4.20. The van der Waals surface area contributed by atoms with Crippen molar-refractivity contribution in [1.82, 2.24) is 4.98 Å². The van der Waals surface area contributed by atoms with E-state index in [0.29, 0.717) is 11.1 Å². The number of nitriles is 2. The molecule has 64 heavy (non-hydrogen) atoms. The lowest BCUT2D eigenvalue weighted by molar-refractivity contribution is 0.669. The van der Waals surface area contributed by atoms with E-state index in [4.69, 9.17) is 9.40 Å². The molecule has 2 aromatic heterocycles. The standard InChI is InChI=1S/C58H37N5O/c1-36-13-21-40(22-14-36)62(41-25-17-38(34-59)18-26-41)44-29-30-45-50(32-44)58(48-10-5-3-8-46(48)56-49(58)11-7-31-61-56)51-33-52(55-47-9-4-6-12-53(47)64-57(55)54(45)51)63(42-23-15-37(2)16-24-42)43-27-19-39(35-60)20-28-43/h3-33H,1-2H3/t58-/m1/s1. The molecule has 0 radical (unpaired) electrons. The monoisotopic (exact) mass is 819 g/mol. The van der Waals surface area contributed by atoms with Gasteiger partial charge in [-0.25, -0.2) is 0 Å². The Bertz CT molecular complexity index is 3550. The minimum Gasteiger partial charge on any atom is -0.455 e. The van der Waals surface area contributed by atoms with E-state index in [0.717, 1.165) is 106 Å². The third-order valence-electron chi connectivity index (χ3n) is 13.1. The maximum atomic E-state index is 9.85. The molecule has 2 aliphatic carbocycles. The van der Waals surface area contributed by atoms with Crippen LogP contribution in [0.25, 0.3) is 44.3 Å². The molecule has 2 heterocycles. The highest BCUT2D eigenvalue weighted by Crippen LogP contribution is 2.65. The number of anilines is 6. The Morgan fingerprint density at radius 3 is 1.72 bits per heavy atom. The van der Waals surface area contributed by atoms with E-state index >= 15 is 0 Å². The molecule has 0 saturated carbocycles. The largest absolute Gasteiger partial charge is 0.455 e. The van der Waals surface area contributed by atoms with Crippen molar-refractivity contribution in [3.05, 3.63) is 233 Å². The summed E-state index contributed by atoms with van der Waals surface area (Å²) in [5.74, 6) is 0. The zero-order chi connectivity index (χ0) is 43.1. The van der Waals surface area contributed by atoms with Crippen LogP contribution >= 0.6 is 0 Å². The number of furan rings is 1. The van der Waals surface area contributed by atoms with E-state index in [2.05, 4.69) is 163 Å². The average Bonchev–Trinajstić information content (AvgIpc) is 3.98. The molecular weight excluding hydrogens is 783 g/mol. The molecule has 2 aliphatic rings. The van der Waals surface area contributed by atoms with Crippen LogP contribution in [-0.4, -0.2) is 4.98 Å². The lowest BCUT2D eigenvalue weighted by Crippen LogP contribution is -2.26. The van der Waals surface area contributed by atoms with Crippen molar-refractivity contribution in [2.75, 3.05) is 9.80 Å².